The summed E-state index contributed by atoms with van der Waals surface area (Å²) in [7, 11) is 1.55. The van der Waals surface area contributed by atoms with E-state index in [0.29, 0.717) is 17.5 Å². The van der Waals surface area contributed by atoms with Gasteiger partial charge < -0.3 is 10.6 Å². The number of benzene rings is 1. The fourth-order valence-corrected chi connectivity index (χ4v) is 2.44. The Labute approximate surface area is 133 Å². The maximum absolute atomic E-state index is 12.1. The molecule has 1 aromatic carbocycles. The summed E-state index contributed by atoms with van der Waals surface area (Å²) >= 11 is 5.89. The summed E-state index contributed by atoms with van der Waals surface area (Å²) in [5.41, 5.74) is 1.22. The molecular weight excluding hydrogens is 315 g/mol. The number of hydrogen-bond donors (Lipinski definition) is 2. The van der Waals surface area contributed by atoms with Gasteiger partial charge in [0.05, 0.1) is 6.42 Å². The van der Waals surface area contributed by atoms with Crippen LogP contribution in [0.25, 0.3) is 0 Å². The average Bonchev–Trinajstić information content (AvgIpc) is 3.23. The second-order valence-electron chi connectivity index (χ2n) is 5.50. The van der Waals surface area contributed by atoms with Crippen LogP contribution in [-0.2, 0) is 5.41 Å². The van der Waals surface area contributed by atoms with E-state index < -0.39 is 12.6 Å². The Kier molecular flexibility index (Phi) is 5.21. The number of aliphatic imine (C=N–C) groups is 1. The highest BCUT2D eigenvalue weighted by Gasteiger charge is 2.44. The molecule has 0 heterocycles. The maximum atomic E-state index is 12.1. The van der Waals surface area contributed by atoms with Crippen LogP contribution in [0.4, 0.5) is 13.2 Å². The molecule has 2 rings (SSSR count). The van der Waals surface area contributed by atoms with Crippen LogP contribution < -0.4 is 10.6 Å². The fraction of sp³-hybridized carbons (Fsp3) is 0.533. The predicted octanol–water partition coefficient (Wildman–Crippen LogP) is 3.49. The number of nitrogens with zero attached hydrogens (tertiary/aromatic N) is 1. The average molecular weight is 334 g/mol. The van der Waals surface area contributed by atoms with Crippen molar-refractivity contribution in [1.82, 2.24) is 10.6 Å². The zero-order valence-corrected chi connectivity index (χ0v) is 13.1. The first-order valence-electron chi connectivity index (χ1n) is 7.12. The smallest absolute Gasteiger partial charge is 0.356 e. The van der Waals surface area contributed by atoms with Crippen molar-refractivity contribution < 1.29 is 13.2 Å². The van der Waals surface area contributed by atoms with Crippen molar-refractivity contribution in [3.63, 3.8) is 0 Å². The Balaban J connectivity index is 1.84. The monoisotopic (exact) mass is 333 g/mol. The van der Waals surface area contributed by atoms with Gasteiger partial charge in [-0.25, -0.2) is 0 Å². The first-order valence-corrected chi connectivity index (χ1v) is 7.50. The Bertz CT molecular complexity index is 522. The number of guanidine groups is 1. The van der Waals surface area contributed by atoms with E-state index in [2.05, 4.69) is 15.6 Å². The highest BCUT2D eigenvalue weighted by atomic mass is 35.5. The van der Waals surface area contributed by atoms with E-state index in [1.807, 2.05) is 24.3 Å². The Morgan fingerprint density at radius 2 is 1.86 bits per heavy atom. The summed E-state index contributed by atoms with van der Waals surface area (Å²) in [5.74, 6) is 0.393. The van der Waals surface area contributed by atoms with E-state index in [0.717, 1.165) is 12.8 Å². The van der Waals surface area contributed by atoms with Crippen LogP contribution in [0.3, 0.4) is 0 Å². The van der Waals surface area contributed by atoms with Gasteiger partial charge >= 0.3 is 6.18 Å². The van der Waals surface area contributed by atoms with Crippen molar-refractivity contribution in [1.29, 1.82) is 0 Å². The zero-order chi connectivity index (χ0) is 16.2. The van der Waals surface area contributed by atoms with Crippen LogP contribution in [0.15, 0.2) is 29.3 Å². The second kappa shape index (κ2) is 6.77. The molecule has 22 heavy (non-hydrogen) atoms. The SMILES string of the molecule is CN=C(NCCC(F)(F)F)NCC1(c2ccc(Cl)cc2)CC1. The molecule has 0 aliphatic heterocycles. The van der Waals surface area contributed by atoms with Crippen molar-refractivity contribution in [3.05, 3.63) is 34.9 Å². The number of rotatable bonds is 5. The van der Waals surface area contributed by atoms with Crippen LogP contribution >= 0.6 is 11.6 Å². The summed E-state index contributed by atoms with van der Waals surface area (Å²) in [6.45, 7) is 0.456. The van der Waals surface area contributed by atoms with Crippen molar-refractivity contribution in [2.45, 2.75) is 30.9 Å². The number of hydrogen-bond acceptors (Lipinski definition) is 1. The Hall–Kier alpha value is -1.43. The minimum Gasteiger partial charge on any atom is -0.356 e. The third kappa shape index (κ3) is 4.80. The summed E-state index contributed by atoms with van der Waals surface area (Å²) in [4.78, 5) is 3.95. The van der Waals surface area contributed by atoms with Gasteiger partial charge in [-0.2, -0.15) is 13.2 Å². The van der Waals surface area contributed by atoms with E-state index in [4.69, 9.17) is 11.6 Å². The lowest BCUT2D eigenvalue weighted by Crippen LogP contribution is -2.42. The molecule has 2 N–H and O–H groups in total. The molecule has 3 nitrogen and oxygen atoms in total. The van der Waals surface area contributed by atoms with Gasteiger partial charge in [0.2, 0.25) is 0 Å². The van der Waals surface area contributed by atoms with E-state index in [9.17, 15) is 13.2 Å². The van der Waals surface area contributed by atoms with E-state index in [1.165, 1.54) is 5.56 Å². The van der Waals surface area contributed by atoms with Crippen molar-refractivity contribution >= 4 is 17.6 Å². The summed E-state index contributed by atoms with van der Waals surface area (Å²) < 4.78 is 36.4. The van der Waals surface area contributed by atoms with Crippen LogP contribution in [0, 0.1) is 0 Å². The molecule has 1 fully saturated rings. The normalized spacial score (nSPS) is 17.2. The molecule has 1 aliphatic carbocycles. The predicted molar refractivity (Wildman–Crippen MR) is 82.4 cm³/mol. The van der Waals surface area contributed by atoms with E-state index in [-0.39, 0.29) is 12.0 Å². The number of halogens is 4. The molecule has 0 spiro atoms. The van der Waals surface area contributed by atoms with Crippen molar-refractivity contribution in [2.24, 2.45) is 4.99 Å². The van der Waals surface area contributed by atoms with Crippen LogP contribution in [0.5, 0.6) is 0 Å². The van der Waals surface area contributed by atoms with Gasteiger partial charge in [-0.1, -0.05) is 23.7 Å². The molecule has 0 unspecified atom stereocenters. The largest absolute Gasteiger partial charge is 0.390 e. The van der Waals surface area contributed by atoms with E-state index in [1.54, 1.807) is 7.05 Å². The standard InChI is InChI=1S/C15H19ClF3N3/c1-20-13(21-9-8-15(17,18)19)22-10-14(6-7-14)11-2-4-12(16)5-3-11/h2-5H,6-10H2,1H3,(H2,20,21,22). The van der Waals surface area contributed by atoms with Gasteiger partial charge in [0.1, 0.15) is 0 Å². The molecule has 7 heteroatoms. The zero-order valence-electron chi connectivity index (χ0n) is 12.3. The molecule has 0 bridgehead atoms. The molecule has 1 saturated carbocycles. The summed E-state index contributed by atoms with van der Waals surface area (Å²) in [5, 5.41) is 6.49. The molecular formula is C15H19ClF3N3. The van der Waals surface area contributed by atoms with Gasteiger partial charge in [-0.3, -0.25) is 4.99 Å². The third-order valence-electron chi connectivity index (χ3n) is 3.83. The summed E-state index contributed by atoms with van der Waals surface area (Å²) in [6.07, 6.45) is -2.95. The van der Waals surface area contributed by atoms with Gasteiger partial charge in [0, 0.05) is 30.6 Å². The van der Waals surface area contributed by atoms with Gasteiger partial charge in [-0.05, 0) is 30.5 Å². The van der Waals surface area contributed by atoms with Crippen molar-refractivity contribution in [3.8, 4) is 0 Å². The summed E-state index contributed by atoms with van der Waals surface area (Å²) in [6, 6.07) is 7.70. The first kappa shape index (κ1) is 16.9. The van der Waals surface area contributed by atoms with Crippen LogP contribution in [0.2, 0.25) is 5.02 Å². The molecule has 122 valence electrons. The minimum atomic E-state index is -4.16. The quantitative estimate of drug-likeness (QED) is 0.639. The minimum absolute atomic E-state index is 0.0340. The molecule has 1 aliphatic rings. The highest BCUT2D eigenvalue weighted by molar-refractivity contribution is 6.30. The van der Waals surface area contributed by atoms with Gasteiger partial charge in [0.15, 0.2) is 5.96 Å². The Morgan fingerprint density at radius 1 is 1.23 bits per heavy atom. The fourth-order valence-electron chi connectivity index (χ4n) is 2.32. The topological polar surface area (TPSA) is 36.4 Å². The lowest BCUT2D eigenvalue weighted by molar-refractivity contribution is -0.132. The molecule has 0 aromatic heterocycles. The first-order chi connectivity index (χ1) is 10.3. The number of nitrogens with one attached hydrogen (secondary N) is 2. The molecule has 0 atom stereocenters. The lowest BCUT2D eigenvalue weighted by atomic mass is 9.96. The molecule has 0 radical (unpaired) electrons. The van der Waals surface area contributed by atoms with Gasteiger partial charge in [-0.15, -0.1) is 0 Å². The van der Waals surface area contributed by atoms with E-state index >= 15 is 0 Å². The van der Waals surface area contributed by atoms with Gasteiger partial charge in [0.25, 0.3) is 0 Å². The third-order valence-corrected chi connectivity index (χ3v) is 4.08. The maximum Gasteiger partial charge on any atom is 0.390 e. The molecule has 0 saturated heterocycles. The highest BCUT2D eigenvalue weighted by Crippen LogP contribution is 2.47. The van der Waals surface area contributed by atoms with Crippen LogP contribution in [0.1, 0.15) is 24.8 Å². The molecule has 0 amide bonds. The number of alkyl halides is 3. The lowest BCUT2D eigenvalue weighted by Gasteiger charge is -2.19. The van der Waals surface area contributed by atoms with Crippen molar-refractivity contribution in [2.75, 3.05) is 20.1 Å². The Morgan fingerprint density at radius 3 is 2.36 bits per heavy atom. The molecule has 1 aromatic rings. The second-order valence-corrected chi connectivity index (χ2v) is 5.94. The van der Waals surface area contributed by atoms with Crippen LogP contribution in [-0.4, -0.2) is 32.3 Å².